The SMILES string of the molecule is COc1ccc(C)cc1S(=O)(=O)N(C)CC1CCNCC1. The highest BCUT2D eigenvalue weighted by molar-refractivity contribution is 7.89. The fraction of sp³-hybridized carbons (Fsp3) is 0.600. The summed E-state index contributed by atoms with van der Waals surface area (Å²) in [5, 5.41) is 3.30. The van der Waals surface area contributed by atoms with Crippen molar-refractivity contribution in [2.75, 3.05) is 33.8 Å². The molecule has 0 amide bonds. The summed E-state index contributed by atoms with van der Waals surface area (Å²) in [5.74, 6) is 0.819. The molecule has 6 heteroatoms. The molecule has 0 spiro atoms. The molecule has 1 aromatic carbocycles. The summed E-state index contributed by atoms with van der Waals surface area (Å²) in [6.07, 6.45) is 2.04. The number of methoxy groups -OCH3 is 1. The molecule has 1 aliphatic rings. The Morgan fingerprint density at radius 1 is 1.33 bits per heavy atom. The summed E-state index contributed by atoms with van der Waals surface area (Å²) in [7, 11) is -0.367. The Bertz CT molecular complexity index is 581. The van der Waals surface area contributed by atoms with Gasteiger partial charge in [-0.2, -0.15) is 0 Å². The molecule has 21 heavy (non-hydrogen) atoms. The summed E-state index contributed by atoms with van der Waals surface area (Å²) in [6.45, 7) is 4.37. The zero-order chi connectivity index (χ0) is 15.5. The minimum Gasteiger partial charge on any atom is -0.495 e. The molecule has 118 valence electrons. The second kappa shape index (κ2) is 6.77. The van der Waals surface area contributed by atoms with Crippen molar-refractivity contribution in [2.24, 2.45) is 5.92 Å². The smallest absolute Gasteiger partial charge is 0.246 e. The third-order valence-corrected chi connectivity index (χ3v) is 5.83. The predicted molar refractivity (Wildman–Crippen MR) is 83.1 cm³/mol. The lowest BCUT2D eigenvalue weighted by Gasteiger charge is -2.27. The van der Waals surface area contributed by atoms with Crippen molar-refractivity contribution < 1.29 is 13.2 Å². The number of nitrogens with one attached hydrogen (secondary N) is 1. The van der Waals surface area contributed by atoms with Crippen LogP contribution in [-0.4, -0.2) is 46.5 Å². The number of piperidine rings is 1. The minimum absolute atomic E-state index is 0.251. The fourth-order valence-corrected chi connectivity index (χ4v) is 4.16. The van der Waals surface area contributed by atoms with E-state index in [0.29, 0.717) is 18.2 Å². The average Bonchev–Trinajstić information content (AvgIpc) is 2.48. The maximum absolute atomic E-state index is 12.8. The van der Waals surface area contributed by atoms with Crippen LogP contribution < -0.4 is 10.1 Å². The van der Waals surface area contributed by atoms with E-state index in [-0.39, 0.29) is 4.90 Å². The van der Waals surface area contributed by atoms with Gasteiger partial charge in [0.1, 0.15) is 10.6 Å². The van der Waals surface area contributed by atoms with Gasteiger partial charge >= 0.3 is 0 Å². The van der Waals surface area contributed by atoms with Crippen molar-refractivity contribution in [1.82, 2.24) is 9.62 Å². The van der Waals surface area contributed by atoms with Crippen LogP contribution in [0.25, 0.3) is 0 Å². The van der Waals surface area contributed by atoms with E-state index < -0.39 is 10.0 Å². The van der Waals surface area contributed by atoms with E-state index >= 15 is 0 Å². The summed E-state index contributed by atoms with van der Waals surface area (Å²) in [6, 6.07) is 5.23. The quantitative estimate of drug-likeness (QED) is 0.898. The summed E-state index contributed by atoms with van der Waals surface area (Å²) >= 11 is 0. The topological polar surface area (TPSA) is 58.6 Å². The second-order valence-corrected chi connectivity index (χ2v) is 7.65. The number of sulfonamides is 1. The maximum Gasteiger partial charge on any atom is 0.246 e. The Labute approximate surface area is 127 Å². The Kier molecular flexibility index (Phi) is 5.24. The van der Waals surface area contributed by atoms with Crippen molar-refractivity contribution in [3.8, 4) is 5.75 Å². The molecule has 0 radical (unpaired) electrons. The van der Waals surface area contributed by atoms with Gasteiger partial charge in [0.25, 0.3) is 0 Å². The van der Waals surface area contributed by atoms with Crippen molar-refractivity contribution in [2.45, 2.75) is 24.7 Å². The Morgan fingerprint density at radius 2 is 2.00 bits per heavy atom. The largest absolute Gasteiger partial charge is 0.495 e. The van der Waals surface area contributed by atoms with Crippen molar-refractivity contribution >= 4 is 10.0 Å². The lowest BCUT2D eigenvalue weighted by Crippen LogP contribution is -2.37. The van der Waals surface area contributed by atoms with Gasteiger partial charge in [-0.1, -0.05) is 6.07 Å². The molecule has 1 N–H and O–H groups in total. The summed E-state index contributed by atoms with van der Waals surface area (Å²) in [4.78, 5) is 0.251. The van der Waals surface area contributed by atoms with Gasteiger partial charge in [0, 0.05) is 13.6 Å². The van der Waals surface area contributed by atoms with Crippen LogP contribution in [0.15, 0.2) is 23.1 Å². The summed E-state index contributed by atoms with van der Waals surface area (Å²) < 4.78 is 32.2. The van der Waals surface area contributed by atoms with E-state index in [0.717, 1.165) is 31.5 Å². The van der Waals surface area contributed by atoms with Crippen molar-refractivity contribution in [3.63, 3.8) is 0 Å². The normalized spacial score (nSPS) is 17.1. The van der Waals surface area contributed by atoms with Gasteiger partial charge in [-0.3, -0.25) is 0 Å². The zero-order valence-electron chi connectivity index (χ0n) is 12.9. The number of ether oxygens (including phenoxy) is 1. The number of hydrogen-bond donors (Lipinski definition) is 1. The number of nitrogens with zero attached hydrogens (tertiary/aromatic N) is 1. The highest BCUT2D eigenvalue weighted by Gasteiger charge is 2.27. The molecule has 1 aromatic rings. The van der Waals surface area contributed by atoms with Gasteiger partial charge in [-0.25, -0.2) is 12.7 Å². The first-order valence-corrected chi connectivity index (χ1v) is 8.71. The fourth-order valence-electron chi connectivity index (χ4n) is 2.68. The van der Waals surface area contributed by atoms with Crippen LogP contribution in [0.1, 0.15) is 18.4 Å². The summed E-state index contributed by atoms with van der Waals surface area (Å²) in [5.41, 5.74) is 0.907. The van der Waals surface area contributed by atoms with E-state index in [9.17, 15) is 8.42 Å². The number of benzene rings is 1. The first-order chi connectivity index (χ1) is 9.95. The van der Waals surface area contributed by atoms with E-state index in [1.165, 1.54) is 11.4 Å². The molecule has 0 aliphatic carbocycles. The Hall–Kier alpha value is -1.11. The van der Waals surface area contributed by atoms with Crippen molar-refractivity contribution in [3.05, 3.63) is 23.8 Å². The monoisotopic (exact) mass is 312 g/mol. The highest BCUT2D eigenvalue weighted by atomic mass is 32.2. The van der Waals surface area contributed by atoms with Crippen molar-refractivity contribution in [1.29, 1.82) is 0 Å². The molecule has 0 bridgehead atoms. The minimum atomic E-state index is -3.52. The van der Waals surface area contributed by atoms with Gasteiger partial charge in [-0.05, 0) is 56.5 Å². The molecular weight excluding hydrogens is 288 g/mol. The Morgan fingerprint density at radius 3 is 2.62 bits per heavy atom. The lowest BCUT2D eigenvalue weighted by molar-refractivity contribution is 0.310. The van der Waals surface area contributed by atoms with Crippen LogP contribution in [0.2, 0.25) is 0 Å². The first-order valence-electron chi connectivity index (χ1n) is 7.27. The highest BCUT2D eigenvalue weighted by Crippen LogP contribution is 2.28. The predicted octanol–water partition coefficient (Wildman–Crippen LogP) is 1.62. The van der Waals surface area contributed by atoms with Gasteiger partial charge in [-0.15, -0.1) is 0 Å². The second-order valence-electron chi connectivity index (χ2n) is 5.63. The Balaban J connectivity index is 2.22. The van der Waals surface area contributed by atoms with Gasteiger partial charge in [0.05, 0.1) is 7.11 Å². The van der Waals surface area contributed by atoms with E-state index in [1.807, 2.05) is 13.0 Å². The van der Waals surface area contributed by atoms with E-state index in [4.69, 9.17) is 4.74 Å². The molecule has 0 unspecified atom stereocenters. The number of hydrogen-bond acceptors (Lipinski definition) is 4. The van der Waals surface area contributed by atoms with Crippen LogP contribution in [-0.2, 0) is 10.0 Å². The molecule has 0 aromatic heterocycles. The number of rotatable bonds is 5. The van der Waals surface area contributed by atoms with Gasteiger partial charge < -0.3 is 10.1 Å². The van der Waals surface area contributed by atoms with Crippen LogP contribution in [0, 0.1) is 12.8 Å². The molecule has 0 atom stereocenters. The number of aryl methyl sites for hydroxylation is 1. The van der Waals surface area contributed by atoms with Crippen LogP contribution in [0.4, 0.5) is 0 Å². The average molecular weight is 312 g/mol. The molecule has 1 fully saturated rings. The molecular formula is C15H24N2O3S. The maximum atomic E-state index is 12.8. The van der Waals surface area contributed by atoms with E-state index in [2.05, 4.69) is 5.32 Å². The third-order valence-electron chi connectivity index (χ3n) is 3.98. The molecule has 1 saturated heterocycles. The zero-order valence-corrected chi connectivity index (χ0v) is 13.7. The van der Waals surface area contributed by atoms with Gasteiger partial charge in [0.2, 0.25) is 10.0 Å². The third kappa shape index (κ3) is 3.75. The molecule has 2 rings (SSSR count). The standard InChI is InChI=1S/C15H24N2O3S/c1-12-4-5-14(20-3)15(10-12)21(18,19)17(2)11-13-6-8-16-9-7-13/h4-5,10,13,16H,6-9,11H2,1-3H3. The van der Waals surface area contributed by atoms with Gasteiger partial charge in [0.15, 0.2) is 0 Å². The van der Waals surface area contributed by atoms with Crippen LogP contribution >= 0.6 is 0 Å². The molecule has 1 heterocycles. The lowest BCUT2D eigenvalue weighted by atomic mass is 9.98. The molecule has 5 nitrogen and oxygen atoms in total. The first kappa shape index (κ1) is 16.3. The van der Waals surface area contributed by atoms with Crippen LogP contribution in [0.3, 0.4) is 0 Å². The van der Waals surface area contributed by atoms with Crippen LogP contribution in [0.5, 0.6) is 5.75 Å². The molecule has 1 aliphatic heterocycles. The van der Waals surface area contributed by atoms with E-state index in [1.54, 1.807) is 19.2 Å². The molecule has 0 saturated carbocycles.